The molecule has 1 aliphatic rings. The Morgan fingerprint density at radius 1 is 1.33 bits per heavy atom. The van der Waals surface area contributed by atoms with Crippen LogP contribution in [0.2, 0.25) is 0 Å². The van der Waals surface area contributed by atoms with Crippen molar-refractivity contribution in [3.05, 3.63) is 52.3 Å². The van der Waals surface area contributed by atoms with E-state index >= 15 is 0 Å². The maximum atomic E-state index is 12.9. The van der Waals surface area contributed by atoms with E-state index in [1.165, 1.54) is 4.88 Å². The second-order valence-electron chi connectivity index (χ2n) is 6.98. The fraction of sp³-hybridized carbons (Fsp3) is 0.474. The van der Waals surface area contributed by atoms with E-state index in [0.717, 1.165) is 42.3 Å². The van der Waals surface area contributed by atoms with E-state index in [-0.39, 0.29) is 11.8 Å². The van der Waals surface area contributed by atoms with E-state index < -0.39 is 0 Å². The van der Waals surface area contributed by atoms with Gasteiger partial charge in [0.25, 0.3) is 5.91 Å². The maximum absolute atomic E-state index is 12.9. The number of nitrogens with zero attached hydrogens (tertiary/aromatic N) is 6. The Bertz CT molecular complexity index is 913. The van der Waals surface area contributed by atoms with Crippen LogP contribution in [-0.2, 0) is 20.0 Å². The summed E-state index contributed by atoms with van der Waals surface area (Å²) in [6, 6.07) is 4.02. The highest BCUT2D eigenvalue weighted by atomic mass is 32.1. The number of piperidine rings is 1. The number of hydrogen-bond donors (Lipinski definition) is 0. The topological polar surface area (TPSA) is 68.8 Å². The Balaban J connectivity index is 1.48. The van der Waals surface area contributed by atoms with E-state index in [4.69, 9.17) is 0 Å². The van der Waals surface area contributed by atoms with E-state index in [1.807, 2.05) is 28.8 Å². The third-order valence-corrected chi connectivity index (χ3v) is 6.39. The fourth-order valence-corrected chi connectivity index (χ4v) is 4.54. The second kappa shape index (κ2) is 7.64. The van der Waals surface area contributed by atoms with Crippen LogP contribution in [0.5, 0.6) is 0 Å². The third-order valence-electron chi connectivity index (χ3n) is 5.18. The summed E-state index contributed by atoms with van der Waals surface area (Å²) in [4.78, 5) is 21.0. The average molecular weight is 385 g/mol. The minimum atomic E-state index is 0.144. The molecule has 0 spiro atoms. The molecule has 27 heavy (non-hydrogen) atoms. The molecule has 0 N–H and O–H groups in total. The average Bonchev–Trinajstić information content (AvgIpc) is 3.44. The van der Waals surface area contributed by atoms with Gasteiger partial charge in [-0.05, 0) is 31.4 Å². The molecular formula is C19H24N6OS. The second-order valence-corrected chi connectivity index (χ2v) is 8.15. The number of carbonyl (C=O) groups excluding carboxylic acids is 1. The van der Waals surface area contributed by atoms with Crippen molar-refractivity contribution in [3.63, 3.8) is 0 Å². The molecule has 4 rings (SSSR count). The molecule has 0 radical (unpaired) electrons. The molecule has 7 nitrogen and oxygen atoms in total. The number of carbonyl (C=O) groups is 1. The summed E-state index contributed by atoms with van der Waals surface area (Å²) < 4.78 is 4.05. The zero-order valence-corrected chi connectivity index (χ0v) is 16.5. The van der Waals surface area contributed by atoms with Gasteiger partial charge in [0.15, 0.2) is 5.82 Å². The van der Waals surface area contributed by atoms with Crippen LogP contribution in [-0.4, -0.2) is 48.2 Å². The number of amides is 1. The lowest BCUT2D eigenvalue weighted by Crippen LogP contribution is -2.39. The van der Waals surface area contributed by atoms with Crippen LogP contribution in [0.1, 0.15) is 51.9 Å². The van der Waals surface area contributed by atoms with Crippen LogP contribution in [0.4, 0.5) is 0 Å². The molecule has 4 heterocycles. The van der Waals surface area contributed by atoms with Gasteiger partial charge in [-0.25, -0.2) is 4.98 Å². The summed E-state index contributed by atoms with van der Waals surface area (Å²) in [7, 11) is 2.01. The van der Waals surface area contributed by atoms with Gasteiger partial charge in [0, 0.05) is 43.3 Å². The fourth-order valence-electron chi connectivity index (χ4n) is 3.62. The van der Waals surface area contributed by atoms with Crippen LogP contribution in [0.15, 0.2) is 30.9 Å². The Labute approximate surface area is 162 Å². The molecule has 0 aliphatic carbocycles. The lowest BCUT2D eigenvalue weighted by atomic mass is 9.97. The number of aromatic nitrogens is 5. The lowest BCUT2D eigenvalue weighted by molar-refractivity contribution is 0.0708. The highest BCUT2D eigenvalue weighted by molar-refractivity contribution is 7.14. The highest BCUT2D eigenvalue weighted by Gasteiger charge is 2.29. The van der Waals surface area contributed by atoms with Crippen molar-refractivity contribution in [3.8, 4) is 0 Å². The molecule has 0 aromatic carbocycles. The molecule has 1 saturated heterocycles. The first-order chi connectivity index (χ1) is 13.2. The van der Waals surface area contributed by atoms with Crippen molar-refractivity contribution < 1.29 is 4.79 Å². The quantitative estimate of drug-likeness (QED) is 0.678. The SMILES string of the molecule is CCc1ccc(C(=O)N2CCC[C@@H](c3nnc(Cn4ccnc4)n3C)C2)s1. The molecule has 0 saturated carbocycles. The number of aryl methyl sites for hydroxylation is 1. The standard InChI is InChI=1S/C19H24N6OS/c1-3-15-6-7-16(27-15)19(26)25-9-4-5-14(11-25)18-22-21-17(23(18)2)12-24-10-8-20-13-24/h6-8,10,13-14H,3-5,9,11-12H2,1-2H3/t14-/m1/s1. The van der Waals surface area contributed by atoms with Gasteiger partial charge in [-0.2, -0.15) is 0 Å². The van der Waals surface area contributed by atoms with Crippen molar-refractivity contribution in [1.29, 1.82) is 0 Å². The summed E-state index contributed by atoms with van der Waals surface area (Å²) in [5, 5.41) is 8.82. The summed E-state index contributed by atoms with van der Waals surface area (Å²) >= 11 is 1.61. The van der Waals surface area contributed by atoms with E-state index in [1.54, 1.807) is 23.9 Å². The van der Waals surface area contributed by atoms with Gasteiger partial charge >= 0.3 is 0 Å². The van der Waals surface area contributed by atoms with Gasteiger partial charge < -0.3 is 14.0 Å². The number of imidazole rings is 1. The molecule has 0 bridgehead atoms. The van der Waals surface area contributed by atoms with Crippen LogP contribution in [0.3, 0.4) is 0 Å². The number of rotatable bonds is 5. The molecular weight excluding hydrogens is 360 g/mol. The number of hydrogen-bond acceptors (Lipinski definition) is 5. The van der Waals surface area contributed by atoms with Crippen LogP contribution in [0.25, 0.3) is 0 Å². The highest BCUT2D eigenvalue weighted by Crippen LogP contribution is 2.28. The molecule has 1 fully saturated rings. The molecule has 3 aromatic rings. The van der Waals surface area contributed by atoms with E-state index in [0.29, 0.717) is 13.1 Å². The molecule has 8 heteroatoms. The summed E-state index contributed by atoms with van der Waals surface area (Å²) in [6.45, 7) is 4.28. The first kappa shape index (κ1) is 17.9. The first-order valence-corrected chi connectivity index (χ1v) is 10.2. The Morgan fingerprint density at radius 3 is 2.96 bits per heavy atom. The number of likely N-dealkylation sites (tertiary alicyclic amines) is 1. The lowest BCUT2D eigenvalue weighted by Gasteiger charge is -2.32. The molecule has 1 atom stereocenters. The van der Waals surface area contributed by atoms with Gasteiger partial charge in [0.2, 0.25) is 0 Å². The van der Waals surface area contributed by atoms with E-state index in [9.17, 15) is 4.79 Å². The first-order valence-electron chi connectivity index (χ1n) is 9.37. The van der Waals surface area contributed by atoms with Crippen molar-refractivity contribution >= 4 is 17.2 Å². The predicted molar refractivity (Wildman–Crippen MR) is 104 cm³/mol. The smallest absolute Gasteiger partial charge is 0.263 e. The maximum Gasteiger partial charge on any atom is 0.263 e. The summed E-state index contributed by atoms with van der Waals surface area (Å²) in [5.41, 5.74) is 0. The Morgan fingerprint density at radius 2 is 2.22 bits per heavy atom. The van der Waals surface area contributed by atoms with Crippen LogP contribution >= 0.6 is 11.3 Å². The van der Waals surface area contributed by atoms with Crippen molar-refractivity contribution in [1.82, 2.24) is 29.2 Å². The summed E-state index contributed by atoms with van der Waals surface area (Å²) in [6.07, 6.45) is 8.45. The molecule has 1 aliphatic heterocycles. The van der Waals surface area contributed by atoms with Gasteiger partial charge in [-0.1, -0.05) is 6.92 Å². The van der Waals surface area contributed by atoms with Crippen molar-refractivity contribution in [2.45, 2.75) is 38.6 Å². The van der Waals surface area contributed by atoms with Crippen LogP contribution < -0.4 is 0 Å². The molecule has 0 unspecified atom stereocenters. The van der Waals surface area contributed by atoms with Gasteiger partial charge in [0.05, 0.1) is 17.7 Å². The zero-order chi connectivity index (χ0) is 18.8. The monoisotopic (exact) mass is 384 g/mol. The Kier molecular flexibility index (Phi) is 5.07. The van der Waals surface area contributed by atoms with Crippen molar-refractivity contribution in [2.75, 3.05) is 13.1 Å². The largest absolute Gasteiger partial charge is 0.337 e. The minimum Gasteiger partial charge on any atom is -0.337 e. The minimum absolute atomic E-state index is 0.144. The molecule has 142 valence electrons. The van der Waals surface area contributed by atoms with Gasteiger partial charge in [0.1, 0.15) is 5.82 Å². The predicted octanol–water partition coefficient (Wildman–Crippen LogP) is 2.70. The zero-order valence-electron chi connectivity index (χ0n) is 15.7. The molecule has 1 amide bonds. The third kappa shape index (κ3) is 3.66. The van der Waals surface area contributed by atoms with Crippen LogP contribution in [0, 0.1) is 0 Å². The van der Waals surface area contributed by atoms with Gasteiger partial charge in [-0.3, -0.25) is 4.79 Å². The summed E-state index contributed by atoms with van der Waals surface area (Å²) in [5.74, 6) is 2.23. The Hall–Kier alpha value is -2.48. The van der Waals surface area contributed by atoms with E-state index in [2.05, 4.69) is 32.7 Å². The number of thiophene rings is 1. The molecule has 3 aromatic heterocycles. The van der Waals surface area contributed by atoms with Gasteiger partial charge in [-0.15, -0.1) is 21.5 Å². The van der Waals surface area contributed by atoms with Crippen molar-refractivity contribution in [2.24, 2.45) is 7.05 Å². The normalized spacial score (nSPS) is 17.4.